The molecule has 1 aromatic carbocycles. The molecule has 5 nitrogen and oxygen atoms in total. The first-order chi connectivity index (χ1) is 12.2. The average molecular weight is 352 g/mol. The maximum Gasteiger partial charge on any atom is 0.274 e. The third-order valence-corrected chi connectivity index (χ3v) is 5.52. The quantitative estimate of drug-likeness (QED) is 0.779. The number of aromatic nitrogens is 3. The molecule has 2 heterocycles. The van der Waals surface area contributed by atoms with Crippen molar-refractivity contribution >= 4 is 17.2 Å². The van der Waals surface area contributed by atoms with E-state index in [0.717, 1.165) is 46.8 Å². The third-order valence-electron chi connectivity index (χ3n) is 4.58. The van der Waals surface area contributed by atoms with Crippen LogP contribution in [0, 0.1) is 0 Å². The zero-order valence-electron chi connectivity index (χ0n) is 14.2. The summed E-state index contributed by atoms with van der Waals surface area (Å²) in [5.41, 5.74) is 4.82. The fraction of sp³-hybridized carbons (Fsp3) is 0.316. The molecule has 6 heteroatoms. The first-order valence-corrected chi connectivity index (χ1v) is 9.42. The Morgan fingerprint density at radius 2 is 2.04 bits per heavy atom. The number of thiazole rings is 1. The number of amides is 1. The molecule has 128 valence electrons. The number of aryl methyl sites for hydroxylation is 1. The molecule has 1 aliphatic rings. The summed E-state index contributed by atoms with van der Waals surface area (Å²) in [6, 6.07) is 10.1. The van der Waals surface area contributed by atoms with E-state index in [2.05, 4.69) is 15.2 Å². The molecule has 0 atom stereocenters. The fourth-order valence-electron chi connectivity index (χ4n) is 3.25. The number of H-pyrrole nitrogens is 1. The van der Waals surface area contributed by atoms with E-state index in [-0.39, 0.29) is 5.91 Å². The first kappa shape index (κ1) is 16.0. The number of carbonyl (C=O) groups is 1. The minimum Gasteiger partial charge on any atom is -0.334 e. The van der Waals surface area contributed by atoms with Gasteiger partial charge in [-0.05, 0) is 25.7 Å². The Kier molecular flexibility index (Phi) is 4.36. The number of fused-ring (bicyclic) bond motifs is 1. The predicted molar refractivity (Wildman–Crippen MR) is 98.6 cm³/mol. The molecule has 0 saturated heterocycles. The molecule has 3 aromatic rings. The molecule has 1 amide bonds. The summed E-state index contributed by atoms with van der Waals surface area (Å²) in [5.74, 6) is -0.0336. The van der Waals surface area contributed by atoms with Crippen molar-refractivity contribution in [2.75, 3.05) is 7.05 Å². The number of aromatic amines is 1. The smallest absolute Gasteiger partial charge is 0.274 e. The summed E-state index contributed by atoms with van der Waals surface area (Å²) in [7, 11) is 1.81. The van der Waals surface area contributed by atoms with Crippen molar-refractivity contribution in [1.82, 2.24) is 20.1 Å². The van der Waals surface area contributed by atoms with E-state index >= 15 is 0 Å². The summed E-state index contributed by atoms with van der Waals surface area (Å²) in [5, 5.41) is 10.3. The van der Waals surface area contributed by atoms with Gasteiger partial charge in [-0.1, -0.05) is 30.3 Å². The van der Waals surface area contributed by atoms with Crippen LogP contribution in [0.1, 0.15) is 40.3 Å². The molecule has 0 unspecified atom stereocenters. The average Bonchev–Trinajstić information content (AvgIpc) is 3.29. The molecule has 2 aromatic heterocycles. The molecule has 0 aliphatic heterocycles. The number of rotatable bonds is 4. The van der Waals surface area contributed by atoms with Crippen LogP contribution in [0.15, 0.2) is 35.7 Å². The maximum atomic E-state index is 12.8. The normalized spacial score (nSPS) is 13.5. The van der Waals surface area contributed by atoms with Crippen LogP contribution < -0.4 is 0 Å². The van der Waals surface area contributed by atoms with Gasteiger partial charge in [-0.15, -0.1) is 11.3 Å². The van der Waals surface area contributed by atoms with Crippen LogP contribution in [-0.4, -0.2) is 33.0 Å². The van der Waals surface area contributed by atoms with Gasteiger partial charge in [0.15, 0.2) is 5.69 Å². The van der Waals surface area contributed by atoms with Gasteiger partial charge in [0, 0.05) is 29.2 Å². The van der Waals surface area contributed by atoms with E-state index in [9.17, 15) is 4.79 Å². The highest BCUT2D eigenvalue weighted by atomic mass is 32.1. The van der Waals surface area contributed by atoms with Gasteiger partial charge in [0.05, 0.1) is 12.2 Å². The summed E-state index contributed by atoms with van der Waals surface area (Å²) in [6.07, 6.45) is 4.23. The molecule has 0 fully saturated rings. The zero-order valence-corrected chi connectivity index (χ0v) is 15.0. The highest BCUT2D eigenvalue weighted by Gasteiger charge is 2.24. The molecule has 1 N–H and O–H groups in total. The van der Waals surface area contributed by atoms with Gasteiger partial charge >= 0.3 is 0 Å². The second kappa shape index (κ2) is 6.80. The van der Waals surface area contributed by atoms with Crippen molar-refractivity contribution < 1.29 is 4.79 Å². The van der Waals surface area contributed by atoms with Gasteiger partial charge in [-0.25, -0.2) is 4.98 Å². The van der Waals surface area contributed by atoms with Gasteiger partial charge in [0.25, 0.3) is 5.91 Å². The van der Waals surface area contributed by atoms with Crippen LogP contribution >= 0.6 is 11.3 Å². The van der Waals surface area contributed by atoms with E-state index in [1.165, 1.54) is 6.42 Å². The molecule has 1 aliphatic carbocycles. The summed E-state index contributed by atoms with van der Waals surface area (Å²) < 4.78 is 0. The second-order valence-corrected chi connectivity index (χ2v) is 7.27. The SMILES string of the molecule is CN(Cc1csc(-c2ccccc2)n1)C(=O)c1n[nH]c2c1CCCC2. The summed E-state index contributed by atoms with van der Waals surface area (Å²) in [6.45, 7) is 0.490. The van der Waals surface area contributed by atoms with Crippen LogP contribution in [0.25, 0.3) is 10.6 Å². The molecule has 4 rings (SSSR count). The van der Waals surface area contributed by atoms with Crippen molar-refractivity contribution in [3.63, 3.8) is 0 Å². The number of benzene rings is 1. The van der Waals surface area contributed by atoms with E-state index in [1.54, 1.807) is 16.2 Å². The number of hydrogen-bond donors (Lipinski definition) is 1. The van der Waals surface area contributed by atoms with Crippen molar-refractivity contribution in [1.29, 1.82) is 0 Å². The lowest BCUT2D eigenvalue weighted by molar-refractivity contribution is 0.0776. The molecular weight excluding hydrogens is 332 g/mol. The van der Waals surface area contributed by atoms with Gasteiger partial charge in [0.1, 0.15) is 5.01 Å². The van der Waals surface area contributed by atoms with Crippen molar-refractivity contribution in [2.45, 2.75) is 32.2 Å². The lowest BCUT2D eigenvalue weighted by Gasteiger charge is -2.16. The van der Waals surface area contributed by atoms with E-state index in [4.69, 9.17) is 0 Å². The largest absolute Gasteiger partial charge is 0.334 e. The Hall–Kier alpha value is -2.47. The lowest BCUT2D eigenvalue weighted by atomic mass is 9.95. The number of nitrogens with zero attached hydrogens (tertiary/aromatic N) is 3. The van der Waals surface area contributed by atoms with Gasteiger partial charge in [-0.3, -0.25) is 9.89 Å². The Bertz CT molecular complexity index is 884. The number of hydrogen-bond acceptors (Lipinski definition) is 4. The van der Waals surface area contributed by atoms with Gasteiger partial charge < -0.3 is 4.90 Å². The Labute approximate surface area is 150 Å². The molecular formula is C19H20N4OS. The van der Waals surface area contributed by atoms with Crippen molar-refractivity contribution in [3.8, 4) is 10.6 Å². The topological polar surface area (TPSA) is 61.9 Å². The van der Waals surface area contributed by atoms with Crippen LogP contribution in [0.2, 0.25) is 0 Å². The Morgan fingerprint density at radius 3 is 2.88 bits per heavy atom. The van der Waals surface area contributed by atoms with Crippen molar-refractivity contribution in [2.24, 2.45) is 0 Å². The zero-order chi connectivity index (χ0) is 17.2. The highest BCUT2D eigenvalue weighted by molar-refractivity contribution is 7.13. The molecule has 0 spiro atoms. The van der Waals surface area contributed by atoms with Crippen LogP contribution in [0.3, 0.4) is 0 Å². The van der Waals surface area contributed by atoms with Crippen molar-refractivity contribution in [3.05, 3.63) is 58.4 Å². The van der Waals surface area contributed by atoms with Gasteiger partial charge in [-0.2, -0.15) is 5.10 Å². The summed E-state index contributed by atoms with van der Waals surface area (Å²) in [4.78, 5) is 19.1. The van der Waals surface area contributed by atoms with E-state index < -0.39 is 0 Å². The maximum absolute atomic E-state index is 12.8. The van der Waals surface area contributed by atoms with Crippen LogP contribution in [0.4, 0.5) is 0 Å². The number of carbonyl (C=O) groups excluding carboxylic acids is 1. The molecule has 0 saturated carbocycles. The van der Waals surface area contributed by atoms with Crippen LogP contribution in [0.5, 0.6) is 0 Å². The lowest BCUT2D eigenvalue weighted by Crippen LogP contribution is -2.27. The van der Waals surface area contributed by atoms with E-state index in [0.29, 0.717) is 12.2 Å². The monoisotopic (exact) mass is 352 g/mol. The summed E-state index contributed by atoms with van der Waals surface area (Å²) >= 11 is 1.61. The standard InChI is InChI=1S/C19H20N4OS/c1-23(19(24)17-15-9-5-6-10-16(15)21-22-17)11-14-12-25-18(20-14)13-7-3-2-4-8-13/h2-4,7-8,12H,5-6,9-11H2,1H3,(H,21,22). The first-order valence-electron chi connectivity index (χ1n) is 8.54. The molecule has 0 bridgehead atoms. The third kappa shape index (κ3) is 3.22. The minimum atomic E-state index is -0.0336. The number of nitrogens with one attached hydrogen (secondary N) is 1. The minimum absolute atomic E-state index is 0.0336. The Balaban J connectivity index is 1.49. The fourth-order valence-corrected chi connectivity index (χ4v) is 4.06. The molecule has 25 heavy (non-hydrogen) atoms. The van der Waals surface area contributed by atoms with E-state index in [1.807, 2.05) is 42.8 Å². The van der Waals surface area contributed by atoms with Gasteiger partial charge in [0.2, 0.25) is 0 Å². The van der Waals surface area contributed by atoms with Crippen LogP contribution in [-0.2, 0) is 19.4 Å². The Morgan fingerprint density at radius 1 is 1.24 bits per heavy atom. The predicted octanol–water partition coefficient (Wildman–Crippen LogP) is 3.68. The molecule has 0 radical (unpaired) electrons. The second-order valence-electron chi connectivity index (χ2n) is 6.41. The highest BCUT2D eigenvalue weighted by Crippen LogP contribution is 2.25.